The quantitative estimate of drug-likeness (QED) is 0.828. The number of halogens is 2. The number of rotatable bonds is 6. The smallest absolute Gasteiger partial charge is 0.251 e. The second kappa shape index (κ2) is 8.44. The van der Waals surface area contributed by atoms with Gasteiger partial charge in [0.15, 0.2) is 17.4 Å². The number of methoxy groups -OCH3 is 1. The van der Waals surface area contributed by atoms with Gasteiger partial charge in [-0.3, -0.25) is 14.5 Å². The molecule has 1 aliphatic rings. The van der Waals surface area contributed by atoms with E-state index in [0.717, 1.165) is 19.2 Å². The van der Waals surface area contributed by atoms with Crippen LogP contribution in [0.5, 0.6) is 5.75 Å². The van der Waals surface area contributed by atoms with Crippen LogP contribution in [0.1, 0.15) is 30.6 Å². The van der Waals surface area contributed by atoms with Gasteiger partial charge in [0.1, 0.15) is 0 Å². The molecule has 1 aromatic rings. The number of carbonyl (C=O) groups excluding carboxylic acids is 2. The largest absolute Gasteiger partial charge is 0.491 e. The highest BCUT2D eigenvalue weighted by atomic mass is 19.1. The lowest BCUT2D eigenvalue weighted by molar-refractivity contribution is -0.135. The normalized spacial score (nSPS) is 20.1. The minimum absolute atomic E-state index is 0.0239. The fourth-order valence-electron chi connectivity index (χ4n) is 3.29. The summed E-state index contributed by atoms with van der Waals surface area (Å²) in [5.74, 6) is -2.95. The summed E-state index contributed by atoms with van der Waals surface area (Å²) in [5.41, 5.74) is -0.123. The molecule has 0 spiro atoms. The van der Waals surface area contributed by atoms with E-state index in [0.29, 0.717) is 26.1 Å². The van der Waals surface area contributed by atoms with Gasteiger partial charge in [0.25, 0.3) is 5.91 Å². The second-order valence-electron chi connectivity index (χ2n) is 6.35. The molecule has 26 heavy (non-hydrogen) atoms. The van der Waals surface area contributed by atoms with Crippen LogP contribution in [0.15, 0.2) is 12.1 Å². The first-order valence-electron chi connectivity index (χ1n) is 8.65. The zero-order valence-electron chi connectivity index (χ0n) is 15.5. The average Bonchev–Trinajstić information content (AvgIpc) is 2.95. The van der Waals surface area contributed by atoms with Gasteiger partial charge in [-0.05, 0) is 39.4 Å². The molecule has 1 aromatic carbocycles. The zero-order chi connectivity index (χ0) is 19.4. The van der Waals surface area contributed by atoms with Crippen molar-refractivity contribution >= 4 is 11.8 Å². The molecule has 144 valence electrons. The number of nitrogens with zero attached hydrogens (tertiary/aromatic N) is 2. The Hall–Kier alpha value is -2.22. The van der Waals surface area contributed by atoms with E-state index in [-0.39, 0.29) is 23.6 Å². The number of amides is 2. The van der Waals surface area contributed by atoms with Crippen molar-refractivity contribution in [1.29, 1.82) is 0 Å². The summed E-state index contributed by atoms with van der Waals surface area (Å²) in [7, 11) is 2.98. The predicted molar refractivity (Wildman–Crippen MR) is 93.1 cm³/mol. The van der Waals surface area contributed by atoms with E-state index in [9.17, 15) is 18.4 Å². The molecule has 8 heteroatoms. The molecule has 1 aliphatic heterocycles. The monoisotopic (exact) mass is 369 g/mol. The van der Waals surface area contributed by atoms with Crippen LogP contribution in [0.4, 0.5) is 8.78 Å². The van der Waals surface area contributed by atoms with E-state index < -0.39 is 23.3 Å². The number of benzene rings is 1. The Morgan fingerprint density at radius 3 is 2.35 bits per heavy atom. The molecule has 0 aliphatic carbocycles. The van der Waals surface area contributed by atoms with Gasteiger partial charge < -0.3 is 15.0 Å². The molecular weight excluding hydrogens is 344 g/mol. The Balaban J connectivity index is 2.06. The maximum absolute atomic E-state index is 13.8. The molecule has 1 N–H and O–H groups in total. The number of ether oxygens (including phenoxy) is 1. The van der Waals surface area contributed by atoms with E-state index in [1.807, 2.05) is 25.8 Å². The first-order valence-corrected chi connectivity index (χ1v) is 8.65. The van der Waals surface area contributed by atoms with Crippen molar-refractivity contribution in [2.75, 3.05) is 33.8 Å². The molecule has 0 aromatic heterocycles. The summed E-state index contributed by atoms with van der Waals surface area (Å²) in [6.45, 7) is 5.58. The minimum atomic E-state index is -0.934. The lowest BCUT2D eigenvalue weighted by Gasteiger charge is -2.26. The highest BCUT2D eigenvalue weighted by Gasteiger charge is 2.37. The SMILES string of the molecule is CCN(CC)C(=O)[C@@H]1C[C@H](NC(=O)c2cc(F)c(OC)c(F)c2)CN1C. The molecule has 0 unspecified atom stereocenters. The molecule has 0 bridgehead atoms. The number of hydrogen-bond donors (Lipinski definition) is 1. The number of likely N-dealkylation sites (tertiary alicyclic amines) is 1. The molecule has 2 atom stereocenters. The van der Waals surface area contributed by atoms with Crippen molar-refractivity contribution in [3.63, 3.8) is 0 Å². The van der Waals surface area contributed by atoms with Crippen molar-refractivity contribution in [1.82, 2.24) is 15.1 Å². The van der Waals surface area contributed by atoms with Crippen LogP contribution in [0, 0.1) is 11.6 Å². The standard InChI is InChI=1S/C18H25F2N3O3/c1-5-23(6-2)18(25)15-9-12(10-22(15)3)21-17(24)11-7-13(19)16(26-4)14(20)8-11/h7-8,12,15H,5-6,9-10H2,1-4H3,(H,21,24)/t12-,15-/m0/s1. The van der Waals surface area contributed by atoms with Gasteiger partial charge in [-0.15, -0.1) is 0 Å². The van der Waals surface area contributed by atoms with E-state index in [1.54, 1.807) is 4.90 Å². The van der Waals surface area contributed by atoms with E-state index >= 15 is 0 Å². The van der Waals surface area contributed by atoms with Gasteiger partial charge in [-0.2, -0.15) is 0 Å². The van der Waals surface area contributed by atoms with Crippen molar-refractivity contribution in [2.45, 2.75) is 32.4 Å². The van der Waals surface area contributed by atoms with Crippen LogP contribution in [0.2, 0.25) is 0 Å². The molecule has 6 nitrogen and oxygen atoms in total. The number of hydrogen-bond acceptors (Lipinski definition) is 4. The number of carbonyl (C=O) groups is 2. The van der Waals surface area contributed by atoms with Crippen LogP contribution >= 0.6 is 0 Å². The van der Waals surface area contributed by atoms with Gasteiger partial charge in [0.05, 0.1) is 13.2 Å². The minimum Gasteiger partial charge on any atom is -0.491 e. The van der Waals surface area contributed by atoms with Crippen LogP contribution in [-0.4, -0.2) is 67.5 Å². The summed E-state index contributed by atoms with van der Waals surface area (Å²) in [5, 5.41) is 2.75. The van der Waals surface area contributed by atoms with Crippen LogP contribution in [0.25, 0.3) is 0 Å². The highest BCUT2D eigenvalue weighted by molar-refractivity contribution is 5.94. The summed E-state index contributed by atoms with van der Waals surface area (Å²) in [4.78, 5) is 28.5. The number of likely N-dealkylation sites (N-methyl/N-ethyl adjacent to an activating group) is 2. The summed E-state index contributed by atoms with van der Waals surface area (Å²) >= 11 is 0. The van der Waals surface area contributed by atoms with E-state index in [4.69, 9.17) is 0 Å². The van der Waals surface area contributed by atoms with Gasteiger partial charge >= 0.3 is 0 Å². The fourth-order valence-corrected chi connectivity index (χ4v) is 3.29. The van der Waals surface area contributed by atoms with Gasteiger partial charge in [0.2, 0.25) is 5.91 Å². The molecular formula is C18H25F2N3O3. The summed E-state index contributed by atoms with van der Waals surface area (Å²) in [6, 6.07) is 1.29. The fraction of sp³-hybridized carbons (Fsp3) is 0.556. The first kappa shape index (κ1) is 20.1. The summed E-state index contributed by atoms with van der Waals surface area (Å²) < 4.78 is 32.2. The Bertz CT molecular complexity index is 657. The molecule has 1 heterocycles. The Morgan fingerprint density at radius 2 is 1.85 bits per heavy atom. The first-order chi connectivity index (χ1) is 12.3. The highest BCUT2D eigenvalue weighted by Crippen LogP contribution is 2.23. The predicted octanol–water partition coefficient (Wildman–Crippen LogP) is 1.64. The molecule has 2 amide bonds. The lowest BCUT2D eigenvalue weighted by atomic mass is 10.1. The molecule has 0 radical (unpaired) electrons. The molecule has 0 saturated carbocycles. The van der Waals surface area contributed by atoms with Crippen molar-refractivity contribution in [2.24, 2.45) is 0 Å². The van der Waals surface area contributed by atoms with Crippen molar-refractivity contribution in [3.8, 4) is 5.75 Å². The van der Waals surface area contributed by atoms with Crippen molar-refractivity contribution < 1.29 is 23.1 Å². The van der Waals surface area contributed by atoms with Gasteiger partial charge in [-0.25, -0.2) is 8.78 Å². The maximum atomic E-state index is 13.8. The molecule has 1 fully saturated rings. The van der Waals surface area contributed by atoms with Crippen LogP contribution in [-0.2, 0) is 4.79 Å². The van der Waals surface area contributed by atoms with Crippen molar-refractivity contribution in [3.05, 3.63) is 29.3 Å². The van der Waals surface area contributed by atoms with E-state index in [2.05, 4.69) is 10.1 Å². The Kier molecular flexibility index (Phi) is 6.52. The Morgan fingerprint density at radius 1 is 1.27 bits per heavy atom. The maximum Gasteiger partial charge on any atom is 0.251 e. The second-order valence-corrected chi connectivity index (χ2v) is 6.35. The summed E-state index contributed by atoms with van der Waals surface area (Å²) in [6.07, 6.45) is 0.457. The third-order valence-electron chi connectivity index (χ3n) is 4.71. The lowest BCUT2D eigenvalue weighted by Crippen LogP contribution is -2.44. The third kappa shape index (κ3) is 4.12. The number of nitrogens with one attached hydrogen (secondary N) is 1. The van der Waals surface area contributed by atoms with Crippen LogP contribution < -0.4 is 10.1 Å². The third-order valence-corrected chi connectivity index (χ3v) is 4.71. The molecule has 2 rings (SSSR count). The average molecular weight is 369 g/mol. The topological polar surface area (TPSA) is 61.9 Å². The van der Waals surface area contributed by atoms with Gasteiger partial charge in [-0.1, -0.05) is 0 Å². The van der Waals surface area contributed by atoms with Crippen LogP contribution in [0.3, 0.4) is 0 Å². The van der Waals surface area contributed by atoms with Gasteiger partial charge in [0, 0.05) is 31.2 Å². The van der Waals surface area contributed by atoms with E-state index in [1.165, 1.54) is 0 Å². The Labute approximate surface area is 152 Å². The zero-order valence-corrected chi connectivity index (χ0v) is 15.5. The molecule has 1 saturated heterocycles.